The second kappa shape index (κ2) is 5.23. The Bertz CT molecular complexity index is 574. The van der Waals surface area contributed by atoms with Crippen molar-refractivity contribution in [3.05, 3.63) is 64.2 Å². The number of rotatable bonds is 3. The van der Waals surface area contributed by atoms with E-state index in [1.165, 1.54) is 0 Å². The van der Waals surface area contributed by atoms with Crippen molar-refractivity contribution in [2.24, 2.45) is 0 Å². The van der Waals surface area contributed by atoms with Gasteiger partial charge < -0.3 is 4.74 Å². The van der Waals surface area contributed by atoms with Crippen LogP contribution < -0.4 is 4.74 Å². The third-order valence-corrected chi connectivity index (χ3v) is 3.27. The largest absolute Gasteiger partial charge is 0.497 e. The third kappa shape index (κ3) is 2.39. The molecule has 0 aliphatic heterocycles. The van der Waals surface area contributed by atoms with Gasteiger partial charge >= 0.3 is 0 Å². The molecule has 0 saturated heterocycles. The molecule has 18 heavy (non-hydrogen) atoms. The van der Waals surface area contributed by atoms with Crippen molar-refractivity contribution in [2.75, 3.05) is 7.11 Å². The van der Waals surface area contributed by atoms with Gasteiger partial charge in [-0.3, -0.25) is 4.79 Å². The van der Waals surface area contributed by atoms with Crippen LogP contribution >= 0.6 is 11.6 Å². The minimum atomic E-state index is -0.0300. The Labute approximate surface area is 111 Å². The maximum atomic E-state index is 12.3. The van der Waals surface area contributed by atoms with Crippen molar-refractivity contribution >= 4 is 17.4 Å². The molecule has 3 heteroatoms. The summed E-state index contributed by atoms with van der Waals surface area (Å²) in [6.45, 7) is 1.85. The Balaban J connectivity index is 2.38. The highest BCUT2D eigenvalue weighted by atomic mass is 35.5. The van der Waals surface area contributed by atoms with Crippen molar-refractivity contribution < 1.29 is 9.53 Å². The van der Waals surface area contributed by atoms with Crippen LogP contribution in [0, 0.1) is 6.92 Å². The molecule has 0 aliphatic rings. The van der Waals surface area contributed by atoms with Gasteiger partial charge in [0.2, 0.25) is 0 Å². The van der Waals surface area contributed by atoms with E-state index >= 15 is 0 Å². The van der Waals surface area contributed by atoms with E-state index in [9.17, 15) is 4.79 Å². The lowest BCUT2D eigenvalue weighted by atomic mass is 9.99. The molecule has 0 fully saturated rings. The molecule has 0 N–H and O–H groups in total. The normalized spacial score (nSPS) is 10.2. The number of benzene rings is 2. The van der Waals surface area contributed by atoms with E-state index in [1.807, 2.05) is 6.92 Å². The van der Waals surface area contributed by atoms with Gasteiger partial charge in [-0.25, -0.2) is 0 Å². The maximum Gasteiger partial charge on any atom is 0.193 e. The summed E-state index contributed by atoms with van der Waals surface area (Å²) in [5.74, 6) is 0.701. The smallest absolute Gasteiger partial charge is 0.193 e. The Morgan fingerprint density at radius 3 is 2.39 bits per heavy atom. The number of ketones is 1. The number of carbonyl (C=O) groups excluding carboxylic acids is 1. The summed E-state index contributed by atoms with van der Waals surface area (Å²) in [5.41, 5.74) is 2.06. The number of carbonyl (C=O) groups is 1. The molecule has 0 heterocycles. The predicted molar refractivity (Wildman–Crippen MR) is 72.6 cm³/mol. The van der Waals surface area contributed by atoms with Gasteiger partial charge in [-0.15, -0.1) is 0 Å². The first-order valence-electron chi connectivity index (χ1n) is 5.57. The van der Waals surface area contributed by atoms with Crippen LogP contribution in [0.25, 0.3) is 0 Å². The highest BCUT2D eigenvalue weighted by Gasteiger charge is 2.13. The Hall–Kier alpha value is -1.80. The van der Waals surface area contributed by atoms with E-state index < -0.39 is 0 Å². The number of ether oxygens (including phenoxy) is 1. The molecule has 0 radical (unpaired) electrons. The summed E-state index contributed by atoms with van der Waals surface area (Å²) in [5, 5.41) is 0.606. The highest BCUT2D eigenvalue weighted by Crippen LogP contribution is 2.22. The molecule has 92 valence electrons. The molecular formula is C15H13ClO2. The van der Waals surface area contributed by atoms with Crippen molar-refractivity contribution in [1.29, 1.82) is 0 Å². The summed E-state index contributed by atoms with van der Waals surface area (Å²) < 4.78 is 5.07. The minimum absolute atomic E-state index is 0.0300. The van der Waals surface area contributed by atoms with Gasteiger partial charge in [-0.2, -0.15) is 0 Å². The zero-order valence-electron chi connectivity index (χ0n) is 10.2. The van der Waals surface area contributed by atoms with Crippen LogP contribution in [0.15, 0.2) is 42.5 Å². The van der Waals surface area contributed by atoms with Crippen molar-refractivity contribution in [3.63, 3.8) is 0 Å². The minimum Gasteiger partial charge on any atom is -0.497 e. The molecule has 0 amide bonds. The average molecular weight is 261 g/mol. The van der Waals surface area contributed by atoms with Crippen LogP contribution in [-0.4, -0.2) is 12.9 Å². The molecule has 0 spiro atoms. The molecule has 0 bridgehead atoms. The molecule has 2 nitrogen and oxygen atoms in total. The summed E-state index contributed by atoms with van der Waals surface area (Å²) in [4.78, 5) is 12.3. The fourth-order valence-electron chi connectivity index (χ4n) is 1.75. The van der Waals surface area contributed by atoms with E-state index in [2.05, 4.69) is 0 Å². The average Bonchev–Trinajstić information content (AvgIpc) is 2.41. The van der Waals surface area contributed by atoms with Crippen molar-refractivity contribution in [3.8, 4) is 5.75 Å². The van der Waals surface area contributed by atoms with Gasteiger partial charge in [-0.05, 0) is 42.8 Å². The molecular weight excluding hydrogens is 248 g/mol. The molecule has 0 atom stereocenters. The van der Waals surface area contributed by atoms with Crippen LogP contribution in [0.2, 0.25) is 5.02 Å². The lowest BCUT2D eigenvalue weighted by Gasteiger charge is -2.07. The van der Waals surface area contributed by atoms with Gasteiger partial charge in [0, 0.05) is 16.1 Å². The summed E-state index contributed by atoms with van der Waals surface area (Å²) >= 11 is 6.02. The van der Waals surface area contributed by atoms with E-state index in [0.717, 1.165) is 11.3 Å². The lowest BCUT2D eigenvalue weighted by Crippen LogP contribution is -2.03. The fourth-order valence-corrected chi connectivity index (χ4v) is 1.93. The topological polar surface area (TPSA) is 26.3 Å². The van der Waals surface area contributed by atoms with Crippen LogP contribution in [-0.2, 0) is 0 Å². The van der Waals surface area contributed by atoms with E-state index in [4.69, 9.17) is 16.3 Å². The Morgan fingerprint density at radius 2 is 1.78 bits per heavy atom. The van der Waals surface area contributed by atoms with E-state index in [1.54, 1.807) is 49.6 Å². The van der Waals surface area contributed by atoms with E-state index in [-0.39, 0.29) is 5.78 Å². The van der Waals surface area contributed by atoms with Crippen LogP contribution in [0.1, 0.15) is 21.5 Å². The molecule has 0 aliphatic carbocycles. The SMILES string of the molecule is COc1ccc(C(=O)c2cccc(Cl)c2C)cc1. The summed E-state index contributed by atoms with van der Waals surface area (Å²) in [6, 6.07) is 12.4. The molecule has 0 unspecified atom stereocenters. The van der Waals surface area contributed by atoms with Gasteiger partial charge in [0.25, 0.3) is 0 Å². The molecule has 2 rings (SSSR count). The third-order valence-electron chi connectivity index (χ3n) is 2.86. The monoisotopic (exact) mass is 260 g/mol. The van der Waals surface area contributed by atoms with Crippen LogP contribution in [0.5, 0.6) is 5.75 Å². The second-order valence-electron chi connectivity index (χ2n) is 3.97. The number of hydrogen-bond donors (Lipinski definition) is 0. The quantitative estimate of drug-likeness (QED) is 0.783. The number of hydrogen-bond acceptors (Lipinski definition) is 2. The standard InChI is InChI=1S/C15H13ClO2/c1-10-13(4-3-5-14(10)16)15(17)11-6-8-12(18-2)9-7-11/h3-9H,1-2H3. The Morgan fingerprint density at radius 1 is 1.11 bits per heavy atom. The summed E-state index contributed by atoms with van der Waals surface area (Å²) in [6.07, 6.45) is 0. The lowest BCUT2D eigenvalue weighted by molar-refractivity contribution is 0.103. The molecule has 0 aromatic heterocycles. The maximum absolute atomic E-state index is 12.3. The van der Waals surface area contributed by atoms with E-state index in [0.29, 0.717) is 16.1 Å². The van der Waals surface area contributed by atoms with Gasteiger partial charge in [0.1, 0.15) is 5.75 Å². The molecule has 0 saturated carbocycles. The zero-order chi connectivity index (χ0) is 13.1. The van der Waals surface area contributed by atoms with Gasteiger partial charge in [0.05, 0.1) is 7.11 Å². The number of halogens is 1. The first-order chi connectivity index (χ1) is 8.63. The van der Waals surface area contributed by atoms with Gasteiger partial charge in [0.15, 0.2) is 5.78 Å². The highest BCUT2D eigenvalue weighted by molar-refractivity contribution is 6.32. The first kappa shape index (κ1) is 12.7. The molecule has 2 aromatic carbocycles. The first-order valence-corrected chi connectivity index (χ1v) is 5.95. The van der Waals surface area contributed by atoms with Crippen LogP contribution in [0.4, 0.5) is 0 Å². The molecule has 2 aromatic rings. The predicted octanol–water partition coefficient (Wildman–Crippen LogP) is 3.89. The van der Waals surface area contributed by atoms with Crippen LogP contribution in [0.3, 0.4) is 0 Å². The second-order valence-corrected chi connectivity index (χ2v) is 4.38. The zero-order valence-corrected chi connectivity index (χ0v) is 11.0. The Kier molecular flexibility index (Phi) is 3.68. The summed E-state index contributed by atoms with van der Waals surface area (Å²) in [7, 11) is 1.60. The van der Waals surface area contributed by atoms with Gasteiger partial charge in [-0.1, -0.05) is 23.7 Å². The fraction of sp³-hybridized carbons (Fsp3) is 0.133. The van der Waals surface area contributed by atoms with Crippen molar-refractivity contribution in [2.45, 2.75) is 6.92 Å². The number of methoxy groups -OCH3 is 1. The van der Waals surface area contributed by atoms with Crippen molar-refractivity contribution in [1.82, 2.24) is 0 Å².